The van der Waals surface area contributed by atoms with Crippen LogP contribution in [0.15, 0.2) is 30.3 Å². The molecule has 21 heavy (non-hydrogen) atoms. The second-order valence-corrected chi connectivity index (χ2v) is 5.70. The van der Waals surface area contributed by atoms with Gasteiger partial charge in [-0.05, 0) is 32.3 Å². The first-order valence-electron chi connectivity index (χ1n) is 7.63. The number of ether oxygens (including phenoxy) is 1. The summed E-state index contributed by atoms with van der Waals surface area (Å²) < 4.78 is 5.28. The molecule has 0 spiro atoms. The van der Waals surface area contributed by atoms with Gasteiger partial charge in [-0.25, -0.2) is 0 Å². The zero-order valence-electron chi connectivity index (χ0n) is 12.7. The highest BCUT2D eigenvalue weighted by Gasteiger charge is 2.27. The van der Waals surface area contributed by atoms with Crippen LogP contribution in [0.4, 0.5) is 0 Å². The average molecular weight is 289 g/mol. The Kier molecular flexibility index (Phi) is 5.37. The number of rotatable bonds is 5. The van der Waals surface area contributed by atoms with Gasteiger partial charge < -0.3 is 10.1 Å². The Bertz CT molecular complexity index is 480. The first kappa shape index (κ1) is 15.5. The molecule has 4 nitrogen and oxygen atoms in total. The molecule has 0 aliphatic heterocycles. The zero-order chi connectivity index (χ0) is 15.2. The Hall–Kier alpha value is -1.84. The van der Waals surface area contributed by atoms with Crippen molar-refractivity contribution in [1.29, 1.82) is 0 Å². The smallest absolute Gasteiger partial charge is 0.309 e. The Morgan fingerprint density at radius 1 is 1.14 bits per heavy atom. The van der Waals surface area contributed by atoms with Crippen molar-refractivity contribution in [2.75, 3.05) is 0 Å². The minimum atomic E-state index is -0.746. The first-order chi connectivity index (χ1) is 10.1. The molecule has 1 N–H and O–H groups in total. The third kappa shape index (κ3) is 4.31. The van der Waals surface area contributed by atoms with Crippen molar-refractivity contribution in [3.8, 4) is 0 Å². The number of carbonyl (C=O) groups is 2. The van der Waals surface area contributed by atoms with Crippen molar-refractivity contribution in [2.45, 2.75) is 51.7 Å². The Balaban J connectivity index is 1.83. The normalized spacial score (nSPS) is 18.0. The van der Waals surface area contributed by atoms with E-state index < -0.39 is 6.10 Å². The van der Waals surface area contributed by atoms with Gasteiger partial charge in [-0.2, -0.15) is 0 Å². The van der Waals surface area contributed by atoms with E-state index in [4.69, 9.17) is 4.74 Å². The van der Waals surface area contributed by atoms with Gasteiger partial charge in [0.25, 0.3) is 5.91 Å². The van der Waals surface area contributed by atoms with Crippen LogP contribution in [0.5, 0.6) is 0 Å². The molecule has 1 aromatic rings. The molecule has 2 atom stereocenters. The van der Waals surface area contributed by atoms with Gasteiger partial charge in [0.15, 0.2) is 6.10 Å². The van der Waals surface area contributed by atoms with E-state index in [-0.39, 0.29) is 23.8 Å². The molecule has 1 aliphatic carbocycles. The lowest BCUT2D eigenvalue weighted by molar-refractivity contribution is -0.158. The minimum absolute atomic E-state index is 0.0215. The van der Waals surface area contributed by atoms with Crippen LogP contribution in [0.2, 0.25) is 0 Å². The van der Waals surface area contributed by atoms with Crippen molar-refractivity contribution in [3.05, 3.63) is 35.9 Å². The second kappa shape index (κ2) is 7.25. The monoisotopic (exact) mass is 289 g/mol. The van der Waals surface area contributed by atoms with Gasteiger partial charge in [0.1, 0.15) is 0 Å². The summed E-state index contributed by atoms with van der Waals surface area (Å²) in [6.45, 7) is 3.54. The van der Waals surface area contributed by atoms with Crippen LogP contribution >= 0.6 is 0 Å². The van der Waals surface area contributed by atoms with Crippen molar-refractivity contribution in [3.63, 3.8) is 0 Å². The molecule has 0 bridgehead atoms. The molecular weight excluding hydrogens is 266 g/mol. The Morgan fingerprint density at radius 3 is 2.38 bits per heavy atom. The Morgan fingerprint density at radius 2 is 1.76 bits per heavy atom. The fraction of sp³-hybridized carbons (Fsp3) is 0.529. The summed E-state index contributed by atoms with van der Waals surface area (Å²) in [5.74, 6) is -0.507. The van der Waals surface area contributed by atoms with E-state index in [1.54, 1.807) is 6.92 Å². The van der Waals surface area contributed by atoms with E-state index in [0.29, 0.717) is 0 Å². The van der Waals surface area contributed by atoms with Crippen molar-refractivity contribution in [1.82, 2.24) is 5.32 Å². The summed E-state index contributed by atoms with van der Waals surface area (Å²) in [6.07, 6.45) is 3.17. The van der Waals surface area contributed by atoms with Crippen LogP contribution in [0.1, 0.15) is 51.1 Å². The summed E-state index contributed by atoms with van der Waals surface area (Å²) in [6, 6.07) is 9.61. The van der Waals surface area contributed by atoms with Gasteiger partial charge >= 0.3 is 5.97 Å². The van der Waals surface area contributed by atoms with Crippen LogP contribution in [-0.4, -0.2) is 18.0 Å². The quantitative estimate of drug-likeness (QED) is 0.848. The van der Waals surface area contributed by atoms with Crippen molar-refractivity contribution in [2.24, 2.45) is 5.92 Å². The number of esters is 1. The van der Waals surface area contributed by atoms with Gasteiger partial charge in [0.05, 0.1) is 12.0 Å². The molecule has 1 aromatic carbocycles. The molecule has 0 radical (unpaired) electrons. The molecule has 0 heterocycles. The maximum absolute atomic E-state index is 12.1. The maximum Gasteiger partial charge on any atom is 0.309 e. The van der Waals surface area contributed by atoms with Crippen molar-refractivity contribution < 1.29 is 14.3 Å². The van der Waals surface area contributed by atoms with Gasteiger partial charge in [0.2, 0.25) is 0 Å². The maximum atomic E-state index is 12.1. The molecule has 1 aliphatic rings. The predicted octanol–water partition coefficient (Wildman–Crippen LogP) is 2.99. The lowest BCUT2D eigenvalue weighted by Gasteiger charge is -2.19. The van der Waals surface area contributed by atoms with Gasteiger partial charge in [-0.1, -0.05) is 43.2 Å². The highest BCUT2D eigenvalue weighted by atomic mass is 16.5. The van der Waals surface area contributed by atoms with Crippen LogP contribution in [0, 0.1) is 5.92 Å². The number of amides is 1. The topological polar surface area (TPSA) is 55.4 Å². The van der Waals surface area contributed by atoms with Crippen LogP contribution in [0.3, 0.4) is 0 Å². The van der Waals surface area contributed by atoms with Crippen molar-refractivity contribution >= 4 is 11.9 Å². The summed E-state index contributed by atoms with van der Waals surface area (Å²) >= 11 is 0. The largest absolute Gasteiger partial charge is 0.452 e. The Labute approximate surface area is 125 Å². The number of nitrogens with one attached hydrogen (secondary N) is 1. The van der Waals surface area contributed by atoms with E-state index in [1.165, 1.54) is 0 Å². The van der Waals surface area contributed by atoms with Crippen LogP contribution < -0.4 is 5.32 Å². The predicted molar refractivity (Wildman–Crippen MR) is 80.5 cm³/mol. The summed E-state index contributed by atoms with van der Waals surface area (Å²) in [4.78, 5) is 24.0. The lowest BCUT2D eigenvalue weighted by atomic mass is 10.1. The van der Waals surface area contributed by atoms with E-state index in [9.17, 15) is 9.59 Å². The molecule has 1 saturated carbocycles. The van der Waals surface area contributed by atoms with E-state index in [0.717, 1.165) is 31.2 Å². The summed E-state index contributed by atoms with van der Waals surface area (Å²) in [5.41, 5.74) is 1.03. The SMILES string of the molecule is C[C@H](OC(=O)C1CCCC1)C(=O)N[C@@H](C)c1ccccc1. The van der Waals surface area contributed by atoms with Gasteiger partial charge in [-0.3, -0.25) is 9.59 Å². The number of hydrogen-bond donors (Lipinski definition) is 1. The molecule has 114 valence electrons. The van der Waals surface area contributed by atoms with E-state index in [1.807, 2.05) is 37.3 Å². The molecular formula is C17H23NO3. The number of benzene rings is 1. The lowest BCUT2D eigenvalue weighted by Crippen LogP contribution is -2.38. The second-order valence-electron chi connectivity index (χ2n) is 5.70. The molecule has 0 unspecified atom stereocenters. The summed E-state index contributed by atoms with van der Waals surface area (Å²) in [7, 11) is 0. The van der Waals surface area contributed by atoms with Gasteiger partial charge in [0, 0.05) is 0 Å². The highest BCUT2D eigenvalue weighted by molar-refractivity contribution is 5.84. The third-order valence-electron chi connectivity index (χ3n) is 4.01. The summed E-state index contributed by atoms with van der Waals surface area (Å²) in [5, 5.41) is 2.88. The molecule has 1 amide bonds. The first-order valence-corrected chi connectivity index (χ1v) is 7.63. The molecule has 0 aromatic heterocycles. The molecule has 0 saturated heterocycles. The number of carbonyl (C=O) groups excluding carboxylic acids is 2. The minimum Gasteiger partial charge on any atom is -0.452 e. The molecule has 1 fully saturated rings. The fourth-order valence-corrected chi connectivity index (χ4v) is 2.64. The van der Waals surface area contributed by atoms with E-state index in [2.05, 4.69) is 5.32 Å². The zero-order valence-corrected chi connectivity index (χ0v) is 12.7. The van der Waals surface area contributed by atoms with Gasteiger partial charge in [-0.15, -0.1) is 0 Å². The average Bonchev–Trinajstić information content (AvgIpc) is 3.02. The standard InChI is InChI=1S/C17H23NO3/c1-12(14-8-4-3-5-9-14)18-16(19)13(2)21-17(20)15-10-6-7-11-15/h3-5,8-9,12-13,15H,6-7,10-11H2,1-2H3,(H,18,19)/t12-,13-/m0/s1. The third-order valence-corrected chi connectivity index (χ3v) is 4.01. The molecule has 2 rings (SSSR count). The fourth-order valence-electron chi connectivity index (χ4n) is 2.64. The number of hydrogen-bond acceptors (Lipinski definition) is 3. The van der Waals surface area contributed by atoms with Crippen LogP contribution in [-0.2, 0) is 14.3 Å². The highest BCUT2D eigenvalue weighted by Crippen LogP contribution is 2.26. The van der Waals surface area contributed by atoms with Crippen LogP contribution in [0.25, 0.3) is 0 Å². The van der Waals surface area contributed by atoms with E-state index >= 15 is 0 Å². The molecule has 4 heteroatoms.